The molecule has 0 aliphatic rings. The summed E-state index contributed by atoms with van der Waals surface area (Å²) < 4.78 is 16.7. The van der Waals surface area contributed by atoms with Gasteiger partial charge in [-0.1, -0.05) is 213 Å². The largest absolute Gasteiger partial charge is 0.462 e. The van der Waals surface area contributed by atoms with E-state index < -0.39 is 6.10 Å². The van der Waals surface area contributed by atoms with Crippen LogP contribution in [0.5, 0.6) is 0 Å². The van der Waals surface area contributed by atoms with Crippen LogP contribution in [0.25, 0.3) is 0 Å². The summed E-state index contributed by atoms with van der Waals surface area (Å²) in [5.74, 6) is -0.869. The van der Waals surface area contributed by atoms with Crippen molar-refractivity contribution in [2.24, 2.45) is 0 Å². The zero-order chi connectivity index (χ0) is 40.1. The smallest absolute Gasteiger partial charge is 0.306 e. The maximum atomic E-state index is 12.6. The van der Waals surface area contributed by atoms with Crippen LogP contribution in [0.4, 0.5) is 0 Å². The molecule has 0 aliphatic heterocycles. The van der Waals surface area contributed by atoms with Crippen molar-refractivity contribution in [3.05, 3.63) is 12.2 Å². The Morgan fingerprint density at radius 2 is 0.600 bits per heavy atom. The molecule has 0 heterocycles. The molecule has 0 bridgehead atoms. The van der Waals surface area contributed by atoms with Gasteiger partial charge in [-0.3, -0.25) is 14.4 Å². The molecule has 1 atom stereocenters. The van der Waals surface area contributed by atoms with Gasteiger partial charge in [0.2, 0.25) is 0 Å². The lowest BCUT2D eigenvalue weighted by Crippen LogP contribution is -2.30. The highest BCUT2D eigenvalue weighted by Gasteiger charge is 2.19. The monoisotopic (exact) mass is 777 g/mol. The molecule has 0 N–H and O–H groups in total. The van der Waals surface area contributed by atoms with E-state index in [1.165, 1.54) is 167 Å². The number of unbranched alkanes of at least 4 members (excludes halogenated alkanes) is 31. The minimum atomic E-state index is -0.760. The lowest BCUT2D eigenvalue weighted by Gasteiger charge is -2.18. The number of hydrogen-bond donors (Lipinski definition) is 0. The van der Waals surface area contributed by atoms with Crippen LogP contribution in [0.2, 0.25) is 0 Å². The van der Waals surface area contributed by atoms with Crippen LogP contribution in [-0.2, 0) is 28.6 Å². The Balaban J connectivity index is 4.11. The van der Waals surface area contributed by atoms with E-state index in [4.69, 9.17) is 14.2 Å². The number of ether oxygens (including phenoxy) is 3. The molecular weight excluding hydrogens is 685 g/mol. The average Bonchev–Trinajstić information content (AvgIpc) is 3.18. The van der Waals surface area contributed by atoms with Crippen LogP contribution in [0.3, 0.4) is 0 Å². The standard InChI is InChI=1S/C49H92O6/c1-4-7-10-13-16-19-20-21-22-23-24-25-26-27-28-29-30-31-34-36-39-42-48(51)54-45-46(55-49(52)43-40-37-33-18-15-12-9-6-3)44-53-47(50)41-38-35-32-17-14-11-8-5-2/h23-24,46H,4-22,25-45H2,1-3H3/b24-23-. The van der Waals surface area contributed by atoms with Gasteiger partial charge in [-0.25, -0.2) is 0 Å². The molecule has 1 unspecified atom stereocenters. The number of esters is 3. The van der Waals surface area contributed by atoms with Gasteiger partial charge < -0.3 is 14.2 Å². The van der Waals surface area contributed by atoms with Crippen molar-refractivity contribution < 1.29 is 28.6 Å². The fourth-order valence-corrected chi connectivity index (χ4v) is 7.08. The summed E-state index contributed by atoms with van der Waals surface area (Å²) in [7, 11) is 0. The van der Waals surface area contributed by atoms with Crippen molar-refractivity contribution in [1.29, 1.82) is 0 Å². The first-order valence-electron chi connectivity index (χ1n) is 24.2. The topological polar surface area (TPSA) is 78.9 Å². The van der Waals surface area contributed by atoms with E-state index in [0.717, 1.165) is 57.8 Å². The maximum absolute atomic E-state index is 12.6. The van der Waals surface area contributed by atoms with Gasteiger partial charge >= 0.3 is 17.9 Å². The number of allylic oxidation sites excluding steroid dienone is 2. The highest BCUT2D eigenvalue weighted by atomic mass is 16.6. The molecule has 0 spiro atoms. The number of carbonyl (C=O) groups is 3. The highest BCUT2D eigenvalue weighted by Crippen LogP contribution is 2.15. The molecular formula is C49H92O6. The summed E-state index contributed by atoms with van der Waals surface area (Å²) in [6.07, 6.45) is 47.9. The molecule has 0 aromatic heterocycles. The van der Waals surface area contributed by atoms with E-state index in [9.17, 15) is 14.4 Å². The van der Waals surface area contributed by atoms with E-state index in [1.54, 1.807) is 0 Å². The minimum absolute atomic E-state index is 0.0671. The fourth-order valence-electron chi connectivity index (χ4n) is 7.08. The van der Waals surface area contributed by atoms with Gasteiger partial charge in [-0.2, -0.15) is 0 Å². The van der Waals surface area contributed by atoms with Gasteiger partial charge in [0, 0.05) is 19.3 Å². The molecule has 0 aliphatic carbocycles. The van der Waals surface area contributed by atoms with Gasteiger partial charge in [-0.05, 0) is 44.9 Å². The SMILES string of the molecule is CCCCCCCCCC/C=C\CCCCCCCCCCCC(=O)OCC(COC(=O)CCCCCCCCCC)OC(=O)CCCCCCCCCC. The van der Waals surface area contributed by atoms with Crippen LogP contribution in [0.15, 0.2) is 12.2 Å². The predicted octanol–water partition coefficient (Wildman–Crippen LogP) is 15.4. The van der Waals surface area contributed by atoms with E-state index in [-0.39, 0.29) is 31.1 Å². The first kappa shape index (κ1) is 53.1. The van der Waals surface area contributed by atoms with Gasteiger partial charge in [-0.15, -0.1) is 0 Å². The van der Waals surface area contributed by atoms with Gasteiger partial charge in [0.05, 0.1) is 0 Å². The molecule has 6 nitrogen and oxygen atoms in total. The van der Waals surface area contributed by atoms with Crippen molar-refractivity contribution in [1.82, 2.24) is 0 Å². The van der Waals surface area contributed by atoms with Crippen molar-refractivity contribution >= 4 is 17.9 Å². The minimum Gasteiger partial charge on any atom is -0.462 e. The summed E-state index contributed by atoms with van der Waals surface area (Å²) in [6.45, 7) is 6.59. The fraction of sp³-hybridized carbons (Fsp3) is 0.898. The van der Waals surface area contributed by atoms with E-state index in [1.807, 2.05) is 0 Å². The van der Waals surface area contributed by atoms with Gasteiger partial charge in [0.15, 0.2) is 6.10 Å². The molecule has 0 saturated heterocycles. The molecule has 0 radical (unpaired) electrons. The molecule has 0 aromatic carbocycles. The lowest BCUT2D eigenvalue weighted by molar-refractivity contribution is -0.167. The summed E-state index contributed by atoms with van der Waals surface area (Å²) in [4.78, 5) is 37.6. The molecule has 0 saturated carbocycles. The van der Waals surface area contributed by atoms with Crippen molar-refractivity contribution in [2.75, 3.05) is 13.2 Å². The second-order valence-corrected chi connectivity index (χ2v) is 16.4. The Morgan fingerprint density at radius 3 is 0.909 bits per heavy atom. The zero-order valence-corrected chi connectivity index (χ0v) is 37.0. The zero-order valence-electron chi connectivity index (χ0n) is 37.0. The lowest BCUT2D eigenvalue weighted by atomic mass is 10.1. The second-order valence-electron chi connectivity index (χ2n) is 16.4. The number of rotatable bonds is 44. The van der Waals surface area contributed by atoms with Crippen molar-refractivity contribution in [2.45, 2.75) is 271 Å². The Labute approximate surface area is 341 Å². The van der Waals surface area contributed by atoms with Crippen LogP contribution in [-0.4, -0.2) is 37.2 Å². The van der Waals surface area contributed by atoms with Crippen LogP contribution in [0.1, 0.15) is 265 Å². The predicted molar refractivity (Wildman–Crippen MR) is 233 cm³/mol. The third kappa shape index (κ3) is 43.1. The molecule has 0 amide bonds. The normalized spacial score (nSPS) is 12.0. The summed E-state index contributed by atoms with van der Waals surface area (Å²) in [5, 5.41) is 0. The van der Waals surface area contributed by atoms with Gasteiger partial charge in [0.1, 0.15) is 13.2 Å². The Kier molecular flexibility index (Phi) is 43.4. The van der Waals surface area contributed by atoms with Crippen LogP contribution >= 0.6 is 0 Å². The van der Waals surface area contributed by atoms with Gasteiger partial charge in [0.25, 0.3) is 0 Å². The maximum Gasteiger partial charge on any atom is 0.306 e. The third-order valence-electron chi connectivity index (χ3n) is 10.8. The van der Waals surface area contributed by atoms with Crippen molar-refractivity contribution in [3.63, 3.8) is 0 Å². The molecule has 0 fully saturated rings. The highest BCUT2D eigenvalue weighted by molar-refractivity contribution is 5.71. The molecule has 0 rings (SSSR count). The molecule has 0 aromatic rings. The van der Waals surface area contributed by atoms with Crippen molar-refractivity contribution in [3.8, 4) is 0 Å². The summed E-state index contributed by atoms with van der Waals surface area (Å²) >= 11 is 0. The third-order valence-corrected chi connectivity index (χ3v) is 10.8. The Bertz CT molecular complexity index is 854. The average molecular weight is 777 g/mol. The van der Waals surface area contributed by atoms with Crippen LogP contribution < -0.4 is 0 Å². The molecule has 55 heavy (non-hydrogen) atoms. The Morgan fingerprint density at radius 1 is 0.345 bits per heavy atom. The van der Waals surface area contributed by atoms with E-state index in [2.05, 4.69) is 32.9 Å². The second kappa shape index (κ2) is 44.9. The molecule has 324 valence electrons. The number of carbonyl (C=O) groups excluding carboxylic acids is 3. The molecule has 6 heteroatoms. The first-order valence-corrected chi connectivity index (χ1v) is 24.2. The Hall–Kier alpha value is -1.85. The van der Waals surface area contributed by atoms with Crippen LogP contribution in [0, 0.1) is 0 Å². The quantitative estimate of drug-likeness (QED) is 0.0265. The van der Waals surface area contributed by atoms with E-state index >= 15 is 0 Å². The first-order chi connectivity index (χ1) is 27.0. The summed E-state index contributed by atoms with van der Waals surface area (Å²) in [5.41, 5.74) is 0. The number of hydrogen-bond acceptors (Lipinski definition) is 6. The summed E-state index contributed by atoms with van der Waals surface area (Å²) in [6, 6.07) is 0. The van der Waals surface area contributed by atoms with E-state index in [0.29, 0.717) is 19.3 Å².